The topological polar surface area (TPSA) is 57.8 Å². The average Bonchev–Trinajstić information content (AvgIpc) is 2.97. The van der Waals surface area contributed by atoms with Crippen LogP contribution in [0.5, 0.6) is 0 Å². The normalized spacial score (nSPS) is 12.3. The molecule has 0 saturated carbocycles. The Morgan fingerprint density at radius 1 is 1.26 bits per heavy atom. The van der Waals surface area contributed by atoms with Crippen molar-refractivity contribution in [1.82, 2.24) is 15.3 Å². The molecule has 0 aliphatic carbocycles. The van der Waals surface area contributed by atoms with Crippen molar-refractivity contribution in [3.05, 3.63) is 59.4 Å². The summed E-state index contributed by atoms with van der Waals surface area (Å²) in [5.41, 5.74) is 1.88. The number of aromatic nitrogens is 2. The Morgan fingerprint density at radius 3 is 2.74 bits per heavy atom. The van der Waals surface area contributed by atoms with E-state index < -0.39 is 0 Å². The lowest BCUT2D eigenvalue weighted by Gasteiger charge is -2.11. The molecule has 0 aliphatic rings. The van der Waals surface area contributed by atoms with Gasteiger partial charge in [-0.1, -0.05) is 23.7 Å². The number of halogens is 1. The largest absolute Gasteiger partial charge is 0.348 e. The second-order valence-corrected chi connectivity index (χ2v) is 6.98. The van der Waals surface area contributed by atoms with Gasteiger partial charge in [0, 0.05) is 9.92 Å². The van der Waals surface area contributed by atoms with Gasteiger partial charge in [-0.25, -0.2) is 4.98 Å². The average molecular weight is 346 g/mol. The minimum absolute atomic E-state index is 0.0228. The Balaban J connectivity index is 1.56. The van der Waals surface area contributed by atoms with Crippen LogP contribution in [0.3, 0.4) is 0 Å². The van der Waals surface area contributed by atoms with Crippen LogP contribution in [0, 0.1) is 0 Å². The molecule has 2 N–H and O–H groups in total. The van der Waals surface area contributed by atoms with Crippen molar-refractivity contribution in [2.45, 2.75) is 23.6 Å². The third kappa shape index (κ3) is 4.06. The Labute approximate surface area is 143 Å². The number of nitrogens with one attached hydrogen (secondary N) is 2. The van der Waals surface area contributed by atoms with Gasteiger partial charge in [-0.05, 0) is 43.3 Å². The van der Waals surface area contributed by atoms with Gasteiger partial charge in [0.25, 0.3) is 0 Å². The number of thioether (sulfide) groups is 1. The van der Waals surface area contributed by atoms with Crippen molar-refractivity contribution < 1.29 is 4.79 Å². The standard InChI is InChI=1S/C17H16ClN3OS/c1-11(23-13-8-6-12(18)7-9-13)17(22)19-10-16-20-14-4-2-3-5-15(14)21-16/h2-9,11H,10H2,1H3,(H,19,22)(H,20,21). The van der Waals surface area contributed by atoms with Gasteiger partial charge in [-0.2, -0.15) is 0 Å². The first-order valence-corrected chi connectivity index (χ1v) is 8.51. The minimum atomic E-state index is -0.194. The molecule has 1 atom stereocenters. The maximum atomic E-state index is 12.2. The SMILES string of the molecule is CC(Sc1ccc(Cl)cc1)C(=O)NCc1nc2ccccc2[nH]1. The number of carbonyl (C=O) groups is 1. The number of fused-ring (bicyclic) bond motifs is 1. The zero-order valence-electron chi connectivity index (χ0n) is 12.5. The van der Waals surface area contributed by atoms with E-state index >= 15 is 0 Å². The summed E-state index contributed by atoms with van der Waals surface area (Å²) in [7, 11) is 0. The Kier molecular flexibility index (Phi) is 4.88. The summed E-state index contributed by atoms with van der Waals surface area (Å²) in [6.07, 6.45) is 0. The molecule has 1 heterocycles. The molecule has 0 spiro atoms. The number of aromatic amines is 1. The monoisotopic (exact) mass is 345 g/mol. The van der Waals surface area contributed by atoms with Crippen LogP contribution in [-0.4, -0.2) is 21.1 Å². The number of rotatable bonds is 5. The Hall–Kier alpha value is -1.98. The van der Waals surface area contributed by atoms with E-state index in [9.17, 15) is 4.79 Å². The molecule has 118 valence electrons. The molecular weight excluding hydrogens is 330 g/mol. The first-order chi connectivity index (χ1) is 11.1. The highest BCUT2D eigenvalue weighted by Gasteiger charge is 2.14. The molecule has 4 nitrogen and oxygen atoms in total. The van der Waals surface area contributed by atoms with Crippen molar-refractivity contribution >= 4 is 40.3 Å². The first-order valence-electron chi connectivity index (χ1n) is 7.25. The fourth-order valence-electron chi connectivity index (χ4n) is 2.17. The summed E-state index contributed by atoms with van der Waals surface area (Å²) >= 11 is 7.36. The molecule has 0 aliphatic heterocycles. The van der Waals surface area contributed by atoms with Crippen LogP contribution in [0.1, 0.15) is 12.7 Å². The summed E-state index contributed by atoms with van der Waals surface area (Å²) in [6.45, 7) is 2.27. The number of H-pyrrole nitrogens is 1. The number of hydrogen-bond acceptors (Lipinski definition) is 3. The van der Waals surface area contributed by atoms with E-state index in [0.717, 1.165) is 21.8 Å². The lowest BCUT2D eigenvalue weighted by atomic mass is 10.3. The van der Waals surface area contributed by atoms with Crippen molar-refractivity contribution in [2.75, 3.05) is 0 Å². The molecule has 2 aromatic carbocycles. The molecule has 1 unspecified atom stereocenters. The molecule has 23 heavy (non-hydrogen) atoms. The van der Waals surface area contributed by atoms with Crippen molar-refractivity contribution in [3.63, 3.8) is 0 Å². The maximum Gasteiger partial charge on any atom is 0.233 e. The predicted octanol–water partition coefficient (Wildman–Crippen LogP) is 4.01. The van der Waals surface area contributed by atoms with Crippen molar-refractivity contribution in [1.29, 1.82) is 0 Å². The van der Waals surface area contributed by atoms with E-state index in [-0.39, 0.29) is 11.2 Å². The second-order valence-electron chi connectivity index (χ2n) is 5.13. The number of hydrogen-bond donors (Lipinski definition) is 2. The number of para-hydroxylation sites is 2. The lowest BCUT2D eigenvalue weighted by molar-refractivity contribution is -0.120. The zero-order valence-corrected chi connectivity index (χ0v) is 14.1. The van der Waals surface area contributed by atoms with Gasteiger partial charge in [-0.15, -0.1) is 11.8 Å². The molecule has 0 bridgehead atoms. The van der Waals surface area contributed by atoms with Gasteiger partial charge in [-0.3, -0.25) is 4.79 Å². The van der Waals surface area contributed by atoms with Crippen LogP contribution in [0.25, 0.3) is 11.0 Å². The molecule has 6 heteroatoms. The molecule has 3 aromatic rings. The summed E-state index contributed by atoms with van der Waals surface area (Å²) in [5, 5.41) is 3.41. The highest BCUT2D eigenvalue weighted by molar-refractivity contribution is 8.00. The number of nitrogens with zero attached hydrogens (tertiary/aromatic N) is 1. The smallest absolute Gasteiger partial charge is 0.233 e. The van der Waals surface area contributed by atoms with Crippen LogP contribution >= 0.6 is 23.4 Å². The molecule has 0 saturated heterocycles. The van der Waals surface area contributed by atoms with Crippen LogP contribution in [0.15, 0.2) is 53.4 Å². The fraction of sp³-hybridized carbons (Fsp3) is 0.176. The number of benzene rings is 2. The molecule has 1 aromatic heterocycles. The highest BCUT2D eigenvalue weighted by Crippen LogP contribution is 2.24. The van der Waals surface area contributed by atoms with Gasteiger partial charge in [0.15, 0.2) is 0 Å². The van der Waals surface area contributed by atoms with Gasteiger partial charge >= 0.3 is 0 Å². The van der Waals surface area contributed by atoms with E-state index in [2.05, 4.69) is 15.3 Å². The Morgan fingerprint density at radius 2 is 2.00 bits per heavy atom. The van der Waals surface area contributed by atoms with Crippen LogP contribution in [0.2, 0.25) is 5.02 Å². The number of carbonyl (C=O) groups excluding carboxylic acids is 1. The molecule has 0 radical (unpaired) electrons. The molecule has 0 fully saturated rings. The number of imidazole rings is 1. The summed E-state index contributed by atoms with van der Waals surface area (Å²) in [5.74, 6) is 0.730. The highest BCUT2D eigenvalue weighted by atomic mass is 35.5. The minimum Gasteiger partial charge on any atom is -0.348 e. The van der Waals surface area contributed by atoms with Gasteiger partial charge in [0.05, 0.1) is 22.8 Å². The zero-order chi connectivity index (χ0) is 16.2. The van der Waals surface area contributed by atoms with E-state index in [1.54, 1.807) is 0 Å². The second kappa shape index (κ2) is 7.06. The summed E-state index contributed by atoms with van der Waals surface area (Å²) in [6, 6.07) is 15.3. The van der Waals surface area contributed by atoms with E-state index in [1.165, 1.54) is 11.8 Å². The van der Waals surface area contributed by atoms with E-state index in [4.69, 9.17) is 11.6 Å². The molecule has 3 rings (SSSR count). The van der Waals surface area contributed by atoms with Gasteiger partial charge < -0.3 is 10.3 Å². The van der Waals surface area contributed by atoms with Gasteiger partial charge in [0.1, 0.15) is 5.82 Å². The summed E-state index contributed by atoms with van der Waals surface area (Å²) < 4.78 is 0. The predicted molar refractivity (Wildman–Crippen MR) is 94.7 cm³/mol. The molecular formula is C17H16ClN3OS. The Bertz CT molecular complexity index is 783. The van der Waals surface area contributed by atoms with Crippen molar-refractivity contribution in [3.8, 4) is 0 Å². The number of amides is 1. The first kappa shape index (κ1) is 15.9. The fourth-order valence-corrected chi connectivity index (χ4v) is 3.19. The van der Waals surface area contributed by atoms with E-state index in [1.807, 2.05) is 55.5 Å². The molecule has 1 amide bonds. The quantitative estimate of drug-likeness (QED) is 0.687. The third-order valence-electron chi connectivity index (χ3n) is 3.36. The van der Waals surface area contributed by atoms with E-state index in [0.29, 0.717) is 11.6 Å². The van der Waals surface area contributed by atoms with Crippen LogP contribution in [-0.2, 0) is 11.3 Å². The van der Waals surface area contributed by atoms with Crippen LogP contribution < -0.4 is 5.32 Å². The summed E-state index contributed by atoms with van der Waals surface area (Å²) in [4.78, 5) is 20.9. The van der Waals surface area contributed by atoms with Crippen LogP contribution in [0.4, 0.5) is 0 Å². The third-order valence-corrected chi connectivity index (χ3v) is 4.73. The maximum absolute atomic E-state index is 12.2. The lowest BCUT2D eigenvalue weighted by Crippen LogP contribution is -2.30. The van der Waals surface area contributed by atoms with Gasteiger partial charge in [0.2, 0.25) is 5.91 Å². The van der Waals surface area contributed by atoms with Crippen molar-refractivity contribution in [2.24, 2.45) is 0 Å².